The van der Waals surface area contributed by atoms with Crippen molar-refractivity contribution in [1.29, 1.82) is 0 Å². The van der Waals surface area contributed by atoms with Crippen LogP contribution in [-0.2, 0) is 16.0 Å². The Balaban J connectivity index is 1.33. The van der Waals surface area contributed by atoms with E-state index in [0.717, 1.165) is 10.9 Å². The van der Waals surface area contributed by atoms with Crippen LogP contribution in [0.5, 0.6) is 0 Å². The van der Waals surface area contributed by atoms with Crippen molar-refractivity contribution in [3.05, 3.63) is 48.0 Å². The van der Waals surface area contributed by atoms with Crippen molar-refractivity contribution in [3.63, 3.8) is 0 Å². The zero-order valence-corrected chi connectivity index (χ0v) is 16.9. The molecule has 0 unspecified atom stereocenters. The molecule has 0 aromatic heterocycles. The molecule has 4 rings (SSSR count). The number of amidine groups is 1. The second-order valence-electron chi connectivity index (χ2n) is 7.20. The van der Waals surface area contributed by atoms with Gasteiger partial charge in [-0.1, -0.05) is 54.2 Å². The minimum absolute atomic E-state index is 0.417. The number of carbonyl (C=O) groups excluding carboxylic acids is 1. The fourth-order valence-electron chi connectivity index (χ4n) is 3.64. The van der Waals surface area contributed by atoms with Crippen LogP contribution >= 0.6 is 11.8 Å². The molecule has 2 aromatic rings. The summed E-state index contributed by atoms with van der Waals surface area (Å²) in [7, 11) is 0. The Morgan fingerprint density at radius 2 is 1.97 bits per heavy atom. The fraction of sp³-hybridized carbons (Fsp3) is 0.429. The highest BCUT2D eigenvalue weighted by molar-refractivity contribution is 8.14. The molecular formula is C21H25N3O4S. The summed E-state index contributed by atoms with van der Waals surface area (Å²) in [6.45, 7) is 3.06. The molecule has 0 aliphatic carbocycles. The number of hydrogen-bond donors (Lipinski definition) is 4. The second kappa shape index (κ2) is 8.71. The molecule has 8 heteroatoms. The molecule has 0 bridgehead atoms. The Labute approximate surface area is 173 Å². The molecule has 1 fully saturated rings. The summed E-state index contributed by atoms with van der Waals surface area (Å²) in [6.07, 6.45) is -2.92. The number of aliphatic hydroxyl groups excluding tert-OH is 2. The van der Waals surface area contributed by atoms with Crippen LogP contribution in [0.2, 0.25) is 0 Å². The Hall–Kier alpha value is -2.13. The number of amides is 1. The van der Waals surface area contributed by atoms with Gasteiger partial charge in [0.25, 0.3) is 5.91 Å². The van der Waals surface area contributed by atoms with Crippen LogP contribution in [0.1, 0.15) is 12.5 Å². The molecule has 0 saturated carbocycles. The van der Waals surface area contributed by atoms with Crippen LogP contribution in [0.25, 0.3) is 10.8 Å². The summed E-state index contributed by atoms with van der Waals surface area (Å²) in [6, 6.07) is 13.8. The van der Waals surface area contributed by atoms with Gasteiger partial charge in [-0.25, -0.2) is 0 Å². The van der Waals surface area contributed by atoms with Crippen molar-refractivity contribution < 1.29 is 19.7 Å². The third kappa shape index (κ3) is 4.25. The highest BCUT2D eigenvalue weighted by Gasteiger charge is 2.50. The Morgan fingerprint density at radius 1 is 1.17 bits per heavy atom. The van der Waals surface area contributed by atoms with E-state index in [9.17, 15) is 15.0 Å². The van der Waals surface area contributed by atoms with Crippen molar-refractivity contribution in [2.24, 2.45) is 4.99 Å². The standard InChI is InChI=1S/C21H25N3O4S/c1-2-22-21-24-15-16(25)17(26)18(28-20(15)29-21)19(27)23-10-9-12-7-8-13-5-3-4-6-14(13)11-12/h3-8,11,15-18,20,25-26H,2,9-10H2,1H3,(H,22,24)(H,23,27)/t15-,16-,17+,18+,20-/m1/s1. The van der Waals surface area contributed by atoms with Crippen LogP contribution in [0.4, 0.5) is 0 Å². The van der Waals surface area contributed by atoms with E-state index in [2.05, 4.69) is 39.9 Å². The molecule has 0 radical (unpaired) electrons. The topological polar surface area (TPSA) is 103 Å². The maximum atomic E-state index is 12.6. The van der Waals surface area contributed by atoms with E-state index in [0.29, 0.717) is 24.7 Å². The maximum Gasteiger partial charge on any atom is 0.252 e. The second-order valence-corrected chi connectivity index (χ2v) is 8.29. The van der Waals surface area contributed by atoms with Gasteiger partial charge in [0.05, 0.1) is 0 Å². The lowest BCUT2D eigenvalue weighted by Gasteiger charge is -2.37. The largest absolute Gasteiger partial charge is 0.388 e. The number of hydrogen-bond acceptors (Lipinski definition) is 7. The Morgan fingerprint density at radius 3 is 2.76 bits per heavy atom. The van der Waals surface area contributed by atoms with Gasteiger partial charge >= 0.3 is 0 Å². The van der Waals surface area contributed by atoms with Crippen LogP contribution in [-0.4, -0.2) is 64.2 Å². The van der Waals surface area contributed by atoms with E-state index in [1.165, 1.54) is 17.1 Å². The first kappa shape index (κ1) is 20.2. The number of aliphatic hydroxyl groups is 2. The van der Waals surface area contributed by atoms with Crippen molar-refractivity contribution in [2.45, 2.75) is 43.1 Å². The zero-order chi connectivity index (χ0) is 20.4. The number of benzene rings is 2. The number of ether oxygens (including phenoxy) is 1. The number of fused-ring (bicyclic) bond motifs is 2. The van der Waals surface area contributed by atoms with Gasteiger partial charge in [-0.3, -0.25) is 9.79 Å². The molecule has 0 spiro atoms. The zero-order valence-electron chi connectivity index (χ0n) is 16.1. The molecule has 2 aliphatic heterocycles. The highest BCUT2D eigenvalue weighted by Crippen LogP contribution is 2.35. The summed E-state index contributed by atoms with van der Waals surface area (Å²) in [4.78, 5) is 16.9. The summed E-state index contributed by atoms with van der Waals surface area (Å²) < 4.78 is 5.78. The first-order chi connectivity index (χ1) is 14.1. The smallest absolute Gasteiger partial charge is 0.252 e. The van der Waals surface area contributed by atoms with E-state index in [4.69, 9.17) is 4.74 Å². The average molecular weight is 416 g/mol. The molecule has 2 aliphatic rings. The first-order valence-corrected chi connectivity index (χ1v) is 10.7. The van der Waals surface area contributed by atoms with Crippen molar-refractivity contribution in [2.75, 3.05) is 13.1 Å². The van der Waals surface area contributed by atoms with Gasteiger partial charge < -0.3 is 25.6 Å². The number of aliphatic imine (C=N–C) groups is 1. The van der Waals surface area contributed by atoms with Gasteiger partial charge in [-0.2, -0.15) is 0 Å². The fourth-order valence-corrected chi connectivity index (χ4v) is 4.81. The van der Waals surface area contributed by atoms with Crippen molar-refractivity contribution in [1.82, 2.24) is 10.6 Å². The third-order valence-electron chi connectivity index (χ3n) is 5.18. The van der Waals surface area contributed by atoms with E-state index < -0.39 is 35.7 Å². The molecule has 7 nitrogen and oxygen atoms in total. The van der Waals surface area contributed by atoms with Crippen LogP contribution in [0.15, 0.2) is 47.5 Å². The van der Waals surface area contributed by atoms with Gasteiger partial charge in [-0.15, -0.1) is 0 Å². The van der Waals surface area contributed by atoms with Gasteiger partial charge in [-0.05, 0) is 29.7 Å². The van der Waals surface area contributed by atoms with Gasteiger partial charge in [0.1, 0.15) is 23.7 Å². The molecule has 2 aromatic carbocycles. The van der Waals surface area contributed by atoms with Crippen molar-refractivity contribution in [3.8, 4) is 0 Å². The normalized spacial score (nSPS) is 28.7. The lowest BCUT2D eigenvalue weighted by molar-refractivity contribution is -0.171. The lowest BCUT2D eigenvalue weighted by atomic mass is 9.97. The number of rotatable bonds is 5. The summed E-state index contributed by atoms with van der Waals surface area (Å²) in [5, 5.41) is 29.7. The number of nitrogens with zero attached hydrogens (tertiary/aromatic N) is 1. The van der Waals surface area contributed by atoms with Crippen LogP contribution in [0, 0.1) is 0 Å². The Kier molecular flexibility index (Phi) is 6.05. The molecule has 4 N–H and O–H groups in total. The van der Waals surface area contributed by atoms with E-state index in [1.807, 2.05) is 25.1 Å². The lowest BCUT2D eigenvalue weighted by Crippen LogP contribution is -2.59. The van der Waals surface area contributed by atoms with E-state index in [1.54, 1.807) is 0 Å². The van der Waals surface area contributed by atoms with E-state index >= 15 is 0 Å². The maximum absolute atomic E-state index is 12.6. The summed E-state index contributed by atoms with van der Waals surface area (Å²) in [5.74, 6) is -0.423. The van der Waals surface area contributed by atoms with Crippen molar-refractivity contribution >= 4 is 33.6 Å². The molecule has 1 saturated heterocycles. The molecule has 2 heterocycles. The van der Waals surface area contributed by atoms with Gasteiger partial charge in [0, 0.05) is 13.1 Å². The highest BCUT2D eigenvalue weighted by atomic mass is 32.2. The first-order valence-electron chi connectivity index (χ1n) is 9.82. The monoisotopic (exact) mass is 415 g/mol. The minimum Gasteiger partial charge on any atom is -0.388 e. The molecule has 1 amide bonds. The summed E-state index contributed by atoms with van der Waals surface area (Å²) in [5.41, 5.74) is 0.628. The van der Waals surface area contributed by atoms with Crippen LogP contribution < -0.4 is 10.6 Å². The molecular weight excluding hydrogens is 390 g/mol. The predicted molar refractivity (Wildman–Crippen MR) is 114 cm³/mol. The number of carbonyl (C=O) groups is 1. The van der Waals surface area contributed by atoms with Gasteiger partial charge in [0.15, 0.2) is 11.3 Å². The molecule has 5 atom stereocenters. The number of thioether (sulfide) groups is 1. The SMILES string of the molecule is CCNC1=N[C@@H]2[C@@H](O)[C@H](O)[C@@H](C(=O)NCCc3ccc4ccccc4c3)O[C@@H]2S1. The third-order valence-corrected chi connectivity index (χ3v) is 6.27. The van der Waals surface area contributed by atoms with Crippen LogP contribution in [0.3, 0.4) is 0 Å². The predicted octanol–water partition coefficient (Wildman–Crippen LogP) is 1.03. The molecule has 29 heavy (non-hydrogen) atoms. The number of nitrogens with one attached hydrogen (secondary N) is 2. The quantitative estimate of drug-likeness (QED) is 0.582. The molecule has 154 valence electrons. The Bertz CT molecular complexity index is 922. The summed E-state index contributed by atoms with van der Waals surface area (Å²) >= 11 is 1.33. The van der Waals surface area contributed by atoms with Gasteiger partial charge in [0.2, 0.25) is 0 Å². The van der Waals surface area contributed by atoms with E-state index in [-0.39, 0.29) is 0 Å². The average Bonchev–Trinajstić information content (AvgIpc) is 3.13. The minimum atomic E-state index is -1.32.